The number of hydrogen-bond acceptors (Lipinski definition) is 7. The van der Waals surface area contributed by atoms with E-state index in [2.05, 4.69) is 15.4 Å². The zero-order chi connectivity index (χ0) is 16.3. The van der Waals surface area contributed by atoms with Gasteiger partial charge in [-0.3, -0.25) is 9.59 Å². The highest BCUT2D eigenvalue weighted by Gasteiger charge is 2.22. The molecule has 0 aliphatic rings. The molecule has 22 heavy (non-hydrogen) atoms. The highest BCUT2D eigenvalue weighted by molar-refractivity contribution is 7.20. The van der Waals surface area contributed by atoms with Gasteiger partial charge in [-0.05, 0) is 27.2 Å². The summed E-state index contributed by atoms with van der Waals surface area (Å²) in [6.45, 7) is 7.75. The summed E-state index contributed by atoms with van der Waals surface area (Å²) >= 11 is 1.29. The second-order valence-corrected chi connectivity index (χ2v) is 5.97. The summed E-state index contributed by atoms with van der Waals surface area (Å²) in [4.78, 5) is 28.6. The number of nitrogens with one attached hydrogen (secondary N) is 1. The van der Waals surface area contributed by atoms with Crippen LogP contribution >= 0.6 is 11.3 Å². The minimum atomic E-state index is -0.317. The Labute approximate surface area is 132 Å². The topological polar surface area (TPSA) is 85.6 Å². The van der Waals surface area contributed by atoms with Crippen LogP contribution in [0.5, 0.6) is 0 Å². The lowest BCUT2D eigenvalue weighted by molar-refractivity contribution is -0.147. The van der Waals surface area contributed by atoms with Crippen molar-refractivity contribution in [1.29, 1.82) is 0 Å². The van der Waals surface area contributed by atoms with Crippen LogP contribution in [0.15, 0.2) is 10.9 Å². The first-order valence-electron chi connectivity index (χ1n) is 7.29. The fourth-order valence-electron chi connectivity index (χ4n) is 1.89. The molecule has 120 valence electrons. The van der Waals surface area contributed by atoms with Crippen LogP contribution < -0.4 is 10.9 Å². The molecule has 0 amide bonds. The Morgan fingerprint density at radius 3 is 2.82 bits per heavy atom. The largest absolute Gasteiger partial charge is 0.466 e. The second kappa shape index (κ2) is 6.87. The fraction of sp³-hybridized carbons (Fsp3) is 0.571. The van der Waals surface area contributed by atoms with Crippen LogP contribution in [-0.4, -0.2) is 33.2 Å². The van der Waals surface area contributed by atoms with E-state index in [0.717, 1.165) is 5.69 Å². The van der Waals surface area contributed by atoms with Gasteiger partial charge in [0.2, 0.25) is 10.1 Å². The summed E-state index contributed by atoms with van der Waals surface area (Å²) in [7, 11) is 0. The quantitative estimate of drug-likeness (QED) is 0.814. The van der Waals surface area contributed by atoms with Gasteiger partial charge >= 0.3 is 5.97 Å². The number of nitrogens with zero attached hydrogens (tertiary/aromatic N) is 3. The SMILES string of the molecule is CCOC(=O)[C@H](C)[C@H](C)Nc1nn2c(=O)cc(CC)nc2s1. The van der Waals surface area contributed by atoms with Crippen molar-refractivity contribution in [3.63, 3.8) is 0 Å². The second-order valence-electron chi connectivity index (χ2n) is 5.01. The van der Waals surface area contributed by atoms with Gasteiger partial charge in [0.15, 0.2) is 0 Å². The molecule has 2 heterocycles. The zero-order valence-electron chi connectivity index (χ0n) is 13.1. The maximum absolute atomic E-state index is 12.0. The molecule has 0 saturated heterocycles. The number of esters is 1. The molecular formula is C14H20N4O3S. The maximum atomic E-state index is 12.0. The number of hydrogen-bond donors (Lipinski definition) is 1. The van der Waals surface area contributed by atoms with Gasteiger partial charge in [0, 0.05) is 17.8 Å². The molecule has 1 N–H and O–H groups in total. The number of fused-ring (bicyclic) bond motifs is 1. The average Bonchev–Trinajstić information content (AvgIpc) is 2.89. The van der Waals surface area contributed by atoms with E-state index in [9.17, 15) is 9.59 Å². The number of ether oxygens (including phenoxy) is 1. The van der Waals surface area contributed by atoms with E-state index >= 15 is 0 Å². The minimum Gasteiger partial charge on any atom is -0.466 e. The Morgan fingerprint density at radius 2 is 2.18 bits per heavy atom. The van der Waals surface area contributed by atoms with E-state index in [-0.39, 0.29) is 23.5 Å². The third kappa shape index (κ3) is 3.44. The summed E-state index contributed by atoms with van der Waals surface area (Å²) in [5.74, 6) is -0.574. The van der Waals surface area contributed by atoms with E-state index in [1.165, 1.54) is 21.9 Å². The third-order valence-corrected chi connectivity index (χ3v) is 4.26. The molecule has 0 radical (unpaired) electrons. The van der Waals surface area contributed by atoms with Crippen molar-refractivity contribution in [2.75, 3.05) is 11.9 Å². The van der Waals surface area contributed by atoms with Crippen molar-refractivity contribution in [3.05, 3.63) is 22.1 Å². The lowest BCUT2D eigenvalue weighted by atomic mass is 10.0. The third-order valence-electron chi connectivity index (χ3n) is 3.42. The molecule has 0 aliphatic heterocycles. The summed E-state index contributed by atoms with van der Waals surface area (Å²) in [5.41, 5.74) is 0.547. The smallest absolute Gasteiger partial charge is 0.310 e. The maximum Gasteiger partial charge on any atom is 0.310 e. The van der Waals surface area contributed by atoms with Gasteiger partial charge in [0.25, 0.3) is 5.56 Å². The summed E-state index contributed by atoms with van der Waals surface area (Å²) in [6, 6.07) is 1.32. The molecule has 8 heteroatoms. The number of anilines is 1. The predicted molar refractivity (Wildman–Crippen MR) is 85.4 cm³/mol. The van der Waals surface area contributed by atoms with Crippen molar-refractivity contribution >= 4 is 27.4 Å². The van der Waals surface area contributed by atoms with Crippen LogP contribution in [0.25, 0.3) is 4.96 Å². The molecule has 2 atom stereocenters. The fourth-order valence-corrected chi connectivity index (χ4v) is 2.81. The lowest BCUT2D eigenvalue weighted by Crippen LogP contribution is -2.31. The number of aromatic nitrogens is 3. The van der Waals surface area contributed by atoms with E-state index in [1.54, 1.807) is 13.8 Å². The summed E-state index contributed by atoms with van der Waals surface area (Å²) in [5, 5.41) is 7.91. The molecule has 0 aliphatic carbocycles. The molecule has 7 nitrogen and oxygen atoms in total. The number of aryl methyl sites for hydroxylation is 1. The van der Waals surface area contributed by atoms with E-state index in [4.69, 9.17) is 4.74 Å². The van der Waals surface area contributed by atoms with Crippen LogP contribution in [0.4, 0.5) is 5.13 Å². The number of carbonyl (C=O) groups is 1. The minimum absolute atomic E-state index is 0.166. The molecule has 0 bridgehead atoms. The molecule has 0 unspecified atom stereocenters. The van der Waals surface area contributed by atoms with Crippen LogP contribution in [0.3, 0.4) is 0 Å². The zero-order valence-corrected chi connectivity index (χ0v) is 13.9. The van der Waals surface area contributed by atoms with Crippen LogP contribution in [-0.2, 0) is 16.0 Å². The molecular weight excluding hydrogens is 304 g/mol. The highest BCUT2D eigenvalue weighted by atomic mass is 32.1. The average molecular weight is 324 g/mol. The van der Waals surface area contributed by atoms with Crippen LogP contribution in [0.2, 0.25) is 0 Å². The van der Waals surface area contributed by atoms with Gasteiger partial charge in [0.05, 0.1) is 12.5 Å². The Hall–Kier alpha value is -1.96. The molecule has 0 aromatic carbocycles. The Kier molecular flexibility index (Phi) is 5.12. The summed E-state index contributed by atoms with van der Waals surface area (Å²) in [6.07, 6.45) is 0.697. The molecule has 2 aromatic heterocycles. The Balaban J connectivity index is 2.20. The van der Waals surface area contributed by atoms with Gasteiger partial charge in [-0.25, -0.2) is 4.98 Å². The highest BCUT2D eigenvalue weighted by Crippen LogP contribution is 2.19. The standard InChI is InChI=1S/C14H20N4O3S/c1-5-10-7-11(19)18-14(16-10)22-13(17-18)15-9(4)8(3)12(20)21-6-2/h7-9H,5-6H2,1-4H3,(H,15,17)/t8-,9+/m1/s1. The monoisotopic (exact) mass is 324 g/mol. The van der Waals surface area contributed by atoms with Gasteiger partial charge in [-0.2, -0.15) is 4.52 Å². The van der Waals surface area contributed by atoms with Crippen molar-refractivity contribution in [2.24, 2.45) is 5.92 Å². The van der Waals surface area contributed by atoms with E-state index < -0.39 is 0 Å². The first-order chi connectivity index (χ1) is 10.5. The van der Waals surface area contributed by atoms with E-state index in [1.807, 2.05) is 13.8 Å². The van der Waals surface area contributed by atoms with Gasteiger partial charge in [0.1, 0.15) is 0 Å². The van der Waals surface area contributed by atoms with Crippen LogP contribution in [0.1, 0.15) is 33.4 Å². The van der Waals surface area contributed by atoms with Crippen molar-refractivity contribution < 1.29 is 9.53 Å². The lowest BCUT2D eigenvalue weighted by Gasteiger charge is -2.18. The van der Waals surface area contributed by atoms with E-state index in [0.29, 0.717) is 23.1 Å². The predicted octanol–water partition coefficient (Wildman–Crippen LogP) is 1.71. The Bertz CT molecular complexity index is 724. The normalized spacial score (nSPS) is 13.8. The molecule has 2 aromatic rings. The molecule has 0 fully saturated rings. The van der Waals surface area contributed by atoms with Gasteiger partial charge < -0.3 is 10.1 Å². The summed E-state index contributed by atoms with van der Waals surface area (Å²) < 4.78 is 6.28. The first kappa shape index (κ1) is 16.4. The van der Waals surface area contributed by atoms with Crippen molar-refractivity contribution in [3.8, 4) is 0 Å². The molecule has 0 spiro atoms. The van der Waals surface area contributed by atoms with Crippen LogP contribution in [0, 0.1) is 5.92 Å². The van der Waals surface area contributed by atoms with Crippen molar-refractivity contribution in [2.45, 2.75) is 40.2 Å². The number of rotatable bonds is 6. The molecule has 0 saturated carbocycles. The Morgan fingerprint density at radius 1 is 1.45 bits per heavy atom. The van der Waals surface area contributed by atoms with Crippen molar-refractivity contribution in [1.82, 2.24) is 14.6 Å². The first-order valence-corrected chi connectivity index (χ1v) is 8.10. The molecule has 2 rings (SSSR count). The van der Waals surface area contributed by atoms with Gasteiger partial charge in [-0.15, -0.1) is 5.10 Å². The van der Waals surface area contributed by atoms with Gasteiger partial charge in [-0.1, -0.05) is 18.3 Å². The number of carbonyl (C=O) groups excluding carboxylic acids is 1.